The molecule has 0 aliphatic carbocycles. The Labute approximate surface area is 178 Å². The summed E-state index contributed by atoms with van der Waals surface area (Å²) < 4.78 is 31.8. The smallest absolute Gasteiger partial charge is 0.263 e. The first-order chi connectivity index (χ1) is 14.4. The molecule has 0 bridgehead atoms. The van der Waals surface area contributed by atoms with Crippen molar-refractivity contribution in [2.24, 2.45) is 5.92 Å². The summed E-state index contributed by atoms with van der Waals surface area (Å²) in [4.78, 5) is 15.0. The Morgan fingerprint density at radius 3 is 2.33 bits per heavy atom. The van der Waals surface area contributed by atoms with Crippen LogP contribution in [0.25, 0.3) is 0 Å². The van der Waals surface area contributed by atoms with E-state index in [1.165, 1.54) is 16.1 Å². The van der Waals surface area contributed by atoms with E-state index in [2.05, 4.69) is 24.3 Å². The lowest BCUT2D eigenvalue weighted by Crippen LogP contribution is -2.46. The van der Waals surface area contributed by atoms with Crippen molar-refractivity contribution >= 4 is 21.6 Å². The maximum Gasteiger partial charge on any atom is 0.263 e. The van der Waals surface area contributed by atoms with Gasteiger partial charge in [0.2, 0.25) is 10.0 Å². The fourth-order valence-electron chi connectivity index (χ4n) is 4.36. The van der Waals surface area contributed by atoms with Crippen molar-refractivity contribution in [1.82, 2.24) is 4.90 Å². The van der Waals surface area contributed by atoms with Gasteiger partial charge in [-0.15, -0.1) is 0 Å². The van der Waals surface area contributed by atoms with Crippen molar-refractivity contribution in [2.45, 2.75) is 31.8 Å². The van der Waals surface area contributed by atoms with Crippen LogP contribution in [0.3, 0.4) is 0 Å². The highest BCUT2D eigenvalue weighted by Crippen LogP contribution is 2.34. The van der Waals surface area contributed by atoms with Gasteiger partial charge in [-0.2, -0.15) is 0 Å². The van der Waals surface area contributed by atoms with E-state index in [1.54, 1.807) is 24.3 Å². The van der Waals surface area contributed by atoms with Crippen LogP contribution in [0.15, 0.2) is 54.6 Å². The molecule has 1 atom stereocenters. The first-order valence-electron chi connectivity index (χ1n) is 10.5. The Bertz CT molecular complexity index is 985. The van der Waals surface area contributed by atoms with Crippen LogP contribution in [0.1, 0.15) is 24.8 Å². The number of rotatable bonds is 4. The molecule has 0 N–H and O–H groups in total. The summed E-state index contributed by atoms with van der Waals surface area (Å²) >= 11 is 0. The number of hydrogen-bond donors (Lipinski definition) is 0. The average molecular weight is 429 g/mol. The highest BCUT2D eigenvalue weighted by Gasteiger charge is 2.34. The number of likely N-dealkylation sites (tertiary alicyclic amines) is 1. The molecule has 1 fully saturated rings. The minimum absolute atomic E-state index is 0.0432. The molecule has 2 aliphatic rings. The fraction of sp³-hybridized carbons (Fsp3) is 0.435. The highest BCUT2D eigenvalue weighted by atomic mass is 32.2. The van der Waals surface area contributed by atoms with Gasteiger partial charge in [-0.05, 0) is 42.9 Å². The zero-order chi connectivity index (χ0) is 21.1. The highest BCUT2D eigenvalue weighted by molar-refractivity contribution is 7.92. The molecule has 30 heavy (non-hydrogen) atoms. The molecule has 2 aliphatic heterocycles. The number of amides is 1. The van der Waals surface area contributed by atoms with Gasteiger partial charge in [0.25, 0.3) is 5.91 Å². The number of carbonyl (C=O) groups excluding carboxylic acids is 1. The zero-order valence-electron chi connectivity index (χ0n) is 17.2. The van der Waals surface area contributed by atoms with Gasteiger partial charge in [0.1, 0.15) is 5.75 Å². The molecule has 0 saturated carbocycles. The first kappa shape index (κ1) is 20.7. The molecular formula is C23H28N2O4S. The van der Waals surface area contributed by atoms with Crippen molar-refractivity contribution in [3.05, 3.63) is 60.2 Å². The molecular weight excluding hydrogens is 400 g/mol. The van der Waals surface area contributed by atoms with Crippen LogP contribution in [0.4, 0.5) is 5.69 Å². The van der Waals surface area contributed by atoms with E-state index in [0.29, 0.717) is 36.9 Å². The molecule has 1 amide bonds. The van der Waals surface area contributed by atoms with E-state index in [9.17, 15) is 13.2 Å². The predicted molar refractivity (Wildman–Crippen MR) is 117 cm³/mol. The minimum atomic E-state index is -3.45. The lowest BCUT2D eigenvalue weighted by molar-refractivity contribution is -0.140. The maximum atomic E-state index is 13.2. The van der Waals surface area contributed by atoms with Crippen LogP contribution in [0, 0.1) is 5.92 Å². The summed E-state index contributed by atoms with van der Waals surface area (Å²) in [5.41, 5.74) is 1.84. The Kier molecular flexibility index (Phi) is 5.99. The van der Waals surface area contributed by atoms with Crippen LogP contribution in [-0.2, 0) is 21.2 Å². The molecule has 6 nitrogen and oxygen atoms in total. The van der Waals surface area contributed by atoms with Crippen LogP contribution < -0.4 is 9.04 Å². The van der Waals surface area contributed by atoms with Gasteiger partial charge < -0.3 is 9.64 Å². The van der Waals surface area contributed by atoms with Crippen LogP contribution >= 0.6 is 0 Å². The number of para-hydroxylation sites is 2. The van der Waals surface area contributed by atoms with E-state index >= 15 is 0 Å². The summed E-state index contributed by atoms with van der Waals surface area (Å²) in [5, 5.41) is 0. The molecule has 2 aromatic carbocycles. The number of benzene rings is 2. The number of nitrogens with zero attached hydrogens (tertiary/aromatic N) is 2. The summed E-state index contributed by atoms with van der Waals surface area (Å²) in [6.07, 6.45) is 3.84. The monoisotopic (exact) mass is 428 g/mol. The van der Waals surface area contributed by atoms with Crippen LogP contribution in [0.5, 0.6) is 5.75 Å². The molecule has 0 spiro atoms. The Morgan fingerprint density at radius 1 is 0.967 bits per heavy atom. The van der Waals surface area contributed by atoms with Gasteiger partial charge in [-0.1, -0.05) is 42.5 Å². The van der Waals surface area contributed by atoms with Gasteiger partial charge in [0.15, 0.2) is 6.10 Å². The number of hydrogen-bond acceptors (Lipinski definition) is 4. The second-order valence-corrected chi connectivity index (χ2v) is 10.1. The van der Waals surface area contributed by atoms with E-state index in [-0.39, 0.29) is 12.5 Å². The number of sulfonamides is 1. The number of ether oxygens (including phenoxy) is 1. The molecule has 2 aromatic rings. The SMILES string of the molecule is CS(=O)(=O)N1CCC(C(=O)N2CCC(Cc3ccccc3)CC2)Oc2ccccc21. The van der Waals surface area contributed by atoms with E-state index < -0.39 is 16.1 Å². The molecule has 7 heteroatoms. The van der Waals surface area contributed by atoms with Gasteiger partial charge in [0, 0.05) is 26.1 Å². The van der Waals surface area contributed by atoms with Crippen molar-refractivity contribution < 1.29 is 17.9 Å². The molecule has 160 valence electrons. The van der Waals surface area contributed by atoms with Crippen molar-refractivity contribution in [2.75, 3.05) is 30.2 Å². The van der Waals surface area contributed by atoms with Gasteiger partial charge in [-0.3, -0.25) is 9.10 Å². The first-order valence-corrected chi connectivity index (χ1v) is 12.3. The van der Waals surface area contributed by atoms with E-state index in [4.69, 9.17) is 4.74 Å². The molecule has 1 unspecified atom stereocenters. The quantitative estimate of drug-likeness (QED) is 0.751. The molecule has 2 heterocycles. The van der Waals surface area contributed by atoms with Crippen LogP contribution in [-0.4, -0.2) is 51.2 Å². The minimum Gasteiger partial charge on any atom is -0.478 e. The van der Waals surface area contributed by atoms with E-state index in [1.807, 2.05) is 11.0 Å². The van der Waals surface area contributed by atoms with Gasteiger partial charge in [-0.25, -0.2) is 8.42 Å². The topological polar surface area (TPSA) is 66.9 Å². The fourth-order valence-corrected chi connectivity index (χ4v) is 5.30. The maximum absolute atomic E-state index is 13.2. The molecule has 1 saturated heterocycles. The van der Waals surface area contributed by atoms with Crippen molar-refractivity contribution in [1.29, 1.82) is 0 Å². The second kappa shape index (κ2) is 8.68. The predicted octanol–water partition coefficient (Wildman–Crippen LogP) is 3.09. The molecule has 0 radical (unpaired) electrons. The lowest BCUT2D eigenvalue weighted by Gasteiger charge is -2.34. The summed E-state index contributed by atoms with van der Waals surface area (Å²) in [6, 6.07) is 17.5. The molecule has 4 rings (SSSR count). The average Bonchev–Trinajstić information content (AvgIpc) is 2.94. The van der Waals surface area contributed by atoms with Crippen LogP contribution in [0.2, 0.25) is 0 Å². The third-order valence-corrected chi connectivity index (χ3v) is 7.15. The third-order valence-electron chi connectivity index (χ3n) is 5.97. The Balaban J connectivity index is 1.41. The summed E-state index contributed by atoms with van der Waals surface area (Å²) in [7, 11) is -3.45. The van der Waals surface area contributed by atoms with E-state index in [0.717, 1.165) is 19.3 Å². The van der Waals surface area contributed by atoms with Crippen molar-refractivity contribution in [3.8, 4) is 5.75 Å². The van der Waals surface area contributed by atoms with Gasteiger partial charge >= 0.3 is 0 Å². The Morgan fingerprint density at radius 2 is 1.63 bits per heavy atom. The molecule has 0 aromatic heterocycles. The second-order valence-electron chi connectivity index (χ2n) is 8.16. The summed E-state index contributed by atoms with van der Waals surface area (Å²) in [6.45, 7) is 1.66. The largest absolute Gasteiger partial charge is 0.478 e. The zero-order valence-corrected chi connectivity index (χ0v) is 18.1. The normalized spacial score (nSPS) is 20.2. The number of anilines is 1. The summed E-state index contributed by atoms with van der Waals surface area (Å²) in [5.74, 6) is 0.976. The lowest BCUT2D eigenvalue weighted by atomic mass is 9.90. The van der Waals surface area contributed by atoms with Crippen molar-refractivity contribution in [3.63, 3.8) is 0 Å². The third kappa shape index (κ3) is 4.61. The van der Waals surface area contributed by atoms with Gasteiger partial charge in [0.05, 0.1) is 11.9 Å². The number of carbonyl (C=O) groups is 1. The standard InChI is InChI=1S/C23H28N2O4S/c1-30(27,28)25-16-13-22(29-21-10-6-5-9-20(21)25)23(26)24-14-11-19(12-15-24)17-18-7-3-2-4-8-18/h2-10,19,22H,11-17H2,1H3. The Hall–Kier alpha value is -2.54. The number of fused-ring (bicyclic) bond motifs is 1. The number of piperidine rings is 1.